The summed E-state index contributed by atoms with van der Waals surface area (Å²) in [6.07, 6.45) is 2.29. The molecule has 0 aliphatic heterocycles. The van der Waals surface area contributed by atoms with Crippen LogP contribution in [0.5, 0.6) is 0 Å². The number of rotatable bonds is 1. The largest absolute Gasteiger partial charge is 0.0651 e. The summed E-state index contributed by atoms with van der Waals surface area (Å²) in [5.41, 5.74) is 1.56. The Morgan fingerprint density at radius 2 is 1.69 bits per heavy atom. The molecule has 0 fully saturated rings. The van der Waals surface area contributed by atoms with Crippen LogP contribution in [-0.2, 0) is 0 Å². The van der Waals surface area contributed by atoms with Crippen molar-refractivity contribution in [3.63, 3.8) is 0 Å². The third kappa shape index (κ3) is 3.94. The molecule has 70 valence electrons. The molecule has 1 aromatic rings. The molecule has 0 aliphatic carbocycles. The number of halogens is 1. The molecular formula is C12H15I. The number of benzene rings is 1. The topological polar surface area (TPSA) is 0 Å². The van der Waals surface area contributed by atoms with Crippen molar-refractivity contribution >= 4 is 26.2 Å². The van der Waals surface area contributed by atoms with Gasteiger partial charge in [0, 0.05) is 3.58 Å². The van der Waals surface area contributed by atoms with Gasteiger partial charge in [0.05, 0.1) is 0 Å². The van der Waals surface area contributed by atoms with Crippen molar-refractivity contribution < 1.29 is 0 Å². The summed E-state index contributed by atoms with van der Waals surface area (Å²) in [7, 11) is 0. The van der Waals surface area contributed by atoms with Gasteiger partial charge in [-0.15, -0.1) is 0 Å². The lowest BCUT2D eigenvalue weighted by atomic mass is 9.95. The monoisotopic (exact) mass is 286 g/mol. The van der Waals surface area contributed by atoms with E-state index in [9.17, 15) is 0 Å². The lowest BCUT2D eigenvalue weighted by Crippen LogP contribution is -1.99. The highest BCUT2D eigenvalue weighted by Gasteiger charge is 2.07. The molecule has 0 unspecified atom stereocenters. The van der Waals surface area contributed by atoms with E-state index >= 15 is 0 Å². The van der Waals surface area contributed by atoms with Gasteiger partial charge in [-0.2, -0.15) is 0 Å². The van der Waals surface area contributed by atoms with E-state index in [-0.39, 0.29) is 5.41 Å². The normalized spacial score (nSPS) is 13.1. The fourth-order valence-electron chi connectivity index (χ4n) is 1.06. The zero-order chi connectivity index (χ0) is 9.90. The zero-order valence-electron chi connectivity index (χ0n) is 8.34. The summed E-state index contributed by atoms with van der Waals surface area (Å²) in [5, 5.41) is 0. The summed E-state index contributed by atoms with van der Waals surface area (Å²) in [4.78, 5) is 0. The van der Waals surface area contributed by atoms with E-state index in [4.69, 9.17) is 0 Å². The first-order valence-corrected chi connectivity index (χ1v) is 5.51. The Hall–Kier alpha value is -0.310. The van der Waals surface area contributed by atoms with Crippen LogP contribution in [0.25, 0.3) is 3.58 Å². The van der Waals surface area contributed by atoms with Crippen LogP contribution in [0.3, 0.4) is 0 Å². The first-order chi connectivity index (χ1) is 5.99. The molecular weight excluding hydrogens is 271 g/mol. The van der Waals surface area contributed by atoms with Gasteiger partial charge in [-0.3, -0.25) is 0 Å². The molecule has 1 heteroatoms. The average molecular weight is 286 g/mol. The van der Waals surface area contributed by atoms with Gasteiger partial charge in [-0.1, -0.05) is 57.2 Å². The van der Waals surface area contributed by atoms with Gasteiger partial charge in [0.15, 0.2) is 0 Å². The molecule has 0 radical (unpaired) electrons. The predicted octanol–water partition coefficient (Wildman–Crippen LogP) is 4.51. The fourth-order valence-corrected chi connectivity index (χ4v) is 2.35. The highest BCUT2D eigenvalue weighted by molar-refractivity contribution is 14.1. The molecule has 0 atom stereocenters. The van der Waals surface area contributed by atoms with E-state index in [1.165, 1.54) is 9.14 Å². The smallest absolute Gasteiger partial charge is 0.0168 e. The van der Waals surface area contributed by atoms with E-state index in [2.05, 4.69) is 73.7 Å². The van der Waals surface area contributed by atoms with Gasteiger partial charge in [0.2, 0.25) is 0 Å². The zero-order valence-corrected chi connectivity index (χ0v) is 10.5. The van der Waals surface area contributed by atoms with Crippen LogP contribution in [0, 0.1) is 5.41 Å². The molecule has 0 bridgehead atoms. The Morgan fingerprint density at radius 1 is 1.15 bits per heavy atom. The van der Waals surface area contributed by atoms with Gasteiger partial charge in [-0.05, 0) is 33.6 Å². The van der Waals surface area contributed by atoms with Gasteiger partial charge < -0.3 is 0 Å². The Bertz CT molecular complexity index is 291. The van der Waals surface area contributed by atoms with Crippen LogP contribution in [0.1, 0.15) is 26.3 Å². The third-order valence-corrected chi connectivity index (χ3v) is 2.54. The van der Waals surface area contributed by atoms with Crippen LogP contribution in [0.2, 0.25) is 0 Å². The van der Waals surface area contributed by atoms with Crippen LogP contribution < -0.4 is 0 Å². The van der Waals surface area contributed by atoms with E-state index in [0.717, 1.165) is 0 Å². The fraction of sp³-hybridized carbons (Fsp3) is 0.333. The van der Waals surface area contributed by atoms with Crippen molar-refractivity contribution in [1.29, 1.82) is 0 Å². The van der Waals surface area contributed by atoms with Crippen LogP contribution in [0.4, 0.5) is 0 Å². The molecule has 1 aromatic carbocycles. The lowest BCUT2D eigenvalue weighted by Gasteiger charge is -2.13. The standard InChI is InChI=1S/C12H15I/c1-12(2,3)9-11(13)10-7-5-4-6-8-10/h4-9H,1-3H3/b11-9+. The molecule has 0 spiro atoms. The summed E-state index contributed by atoms with van der Waals surface area (Å²) in [6, 6.07) is 10.5. The molecule has 13 heavy (non-hydrogen) atoms. The molecule has 1 rings (SSSR count). The Balaban J connectivity index is 2.92. The number of allylic oxidation sites excluding steroid dienone is 1. The van der Waals surface area contributed by atoms with Gasteiger partial charge in [0.25, 0.3) is 0 Å². The summed E-state index contributed by atoms with van der Waals surface area (Å²) < 4.78 is 1.32. The highest BCUT2D eigenvalue weighted by atomic mass is 127. The number of hydrogen-bond acceptors (Lipinski definition) is 0. The minimum Gasteiger partial charge on any atom is -0.0651 e. The first kappa shape index (κ1) is 10.8. The summed E-state index contributed by atoms with van der Waals surface area (Å²) in [5.74, 6) is 0. The van der Waals surface area contributed by atoms with Gasteiger partial charge in [0.1, 0.15) is 0 Å². The highest BCUT2D eigenvalue weighted by Crippen LogP contribution is 2.28. The van der Waals surface area contributed by atoms with Crippen molar-refractivity contribution in [3.8, 4) is 0 Å². The first-order valence-electron chi connectivity index (χ1n) is 4.43. The molecule has 0 saturated carbocycles. The van der Waals surface area contributed by atoms with E-state index in [1.807, 2.05) is 6.07 Å². The van der Waals surface area contributed by atoms with Crippen molar-refractivity contribution in [2.45, 2.75) is 20.8 Å². The molecule has 0 nitrogen and oxygen atoms in total. The van der Waals surface area contributed by atoms with E-state index in [0.29, 0.717) is 0 Å². The maximum absolute atomic E-state index is 2.39. The minimum absolute atomic E-state index is 0.256. The van der Waals surface area contributed by atoms with E-state index < -0.39 is 0 Å². The van der Waals surface area contributed by atoms with Crippen molar-refractivity contribution in [2.75, 3.05) is 0 Å². The summed E-state index contributed by atoms with van der Waals surface area (Å²) >= 11 is 2.39. The minimum atomic E-state index is 0.256. The maximum Gasteiger partial charge on any atom is 0.0168 e. The molecule has 0 heterocycles. The predicted molar refractivity (Wildman–Crippen MR) is 67.9 cm³/mol. The second-order valence-corrected chi connectivity index (χ2v) is 5.39. The van der Waals surface area contributed by atoms with Crippen LogP contribution in [0.15, 0.2) is 36.4 Å². The number of hydrogen-bond donors (Lipinski definition) is 0. The van der Waals surface area contributed by atoms with Crippen LogP contribution in [-0.4, -0.2) is 0 Å². The third-order valence-electron chi connectivity index (χ3n) is 1.61. The van der Waals surface area contributed by atoms with Crippen molar-refractivity contribution in [2.24, 2.45) is 5.41 Å². The Kier molecular flexibility index (Phi) is 3.54. The van der Waals surface area contributed by atoms with Crippen molar-refractivity contribution in [3.05, 3.63) is 42.0 Å². The van der Waals surface area contributed by atoms with Crippen LogP contribution >= 0.6 is 22.6 Å². The Morgan fingerprint density at radius 3 is 2.15 bits per heavy atom. The summed E-state index contributed by atoms with van der Waals surface area (Å²) in [6.45, 7) is 6.65. The molecule has 0 aromatic heterocycles. The SMILES string of the molecule is CC(C)(C)/C=C(/I)c1ccccc1. The maximum atomic E-state index is 2.39. The van der Waals surface area contributed by atoms with Gasteiger partial charge in [-0.25, -0.2) is 0 Å². The molecule has 0 amide bonds. The quantitative estimate of drug-likeness (QED) is 0.666. The second kappa shape index (κ2) is 4.27. The van der Waals surface area contributed by atoms with E-state index in [1.54, 1.807) is 0 Å². The second-order valence-electron chi connectivity index (χ2n) is 4.22. The molecule has 0 N–H and O–H groups in total. The Labute approximate surface area is 94.2 Å². The average Bonchev–Trinajstić information content (AvgIpc) is 2.03. The van der Waals surface area contributed by atoms with Gasteiger partial charge >= 0.3 is 0 Å². The molecule has 0 saturated heterocycles. The van der Waals surface area contributed by atoms with Crippen molar-refractivity contribution in [1.82, 2.24) is 0 Å². The lowest BCUT2D eigenvalue weighted by molar-refractivity contribution is 0.547. The molecule has 0 aliphatic rings.